The molecule has 4 unspecified atom stereocenters. The number of ether oxygens (including phenoxy) is 2. The van der Waals surface area contributed by atoms with Crippen LogP contribution < -0.4 is 5.43 Å². The SMILES string of the molecule is C[C@@H]1O[C@@H](c2c(O)c(C3OCC(O)C(O)C3O)c(O)c3c(=O)cc(-c4ccc(O)c(O)c4)oc23)[C@H](O)[C@H](O)[C@H]1O. The molecule has 0 aliphatic carbocycles. The highest BCUT2D eigenvalue weighted by Gasteiger charge is 2.47. The predicted octanol–water partition coefficient (Wildman–Crippen LogP) is -1.02. The van der Waals surface area contributed by atoms with E-state index in [1.807, 2.05) is 0 Å². The molecular weight excluding hydrogens is 536 g/mol. The fourth-order valence-corrected chi connectivity index (χ4v) is 5.11. The molecule has 40 heavy (non-hydrogen) atoms. The summed E-state index contributed by atoms with van der Waals surface area (Å²) in [7, 11) is 0. The van der Waals surface area contributed by atoms with Crippen LogP contribution in [-0.4, -0.2) is 100 Å². The maximum absolute atomic E-state index is 13.4. The number of fused-ring (bicyclic) bond motifs is 1. The van der Waals surface area contributed by atoms with Crippen molar-refractivity contribution in [2.24, 2.45) is 0 Å². The Labute approximate surface area is 224 Å². The highest BCUT2D eigenvalue weighted by atomic mass is 16.5. The van der Waals surface area contributed by atoms with E-state index in [1.165, 1.54) is 13.0 Å². The summed E-state index contributed by atoms with van der Waals surface area (Å²) in [6.07, 6.45) is -14.8. The van der Waals surface area contributed by atoms with Crippen molar-refractivity contribution in [3.05, 3.63) is 45.6 Å². The average Bonchev–Trinajstić information content (AvgIpc) is 2.91. The molecule has 9 atom stereocenters. The van der Waals surface area contributed by atoms with Crippen LogP contribution in [0.5, 0.6) is 23.0 Å². The molecule has 14 heteroatoms. The molecule has 2 fully saturated rings. The summed E-state index contributed by atoms with van der Waals surface area (Å²) in [5.74, 6) is -3.00. The van der Waals surface area contributed by atoms with Gasteiger partial charge in [0.1, 0.15) is 71.5 Å². The maximum Gasteiger partial charge on any atom is 0.197 e. The number of rotatable bonds is 3. The molecule has 2 aromatic carbocycles. The number of hydrogen-bond acceptors (Lipinski definition) is 14. The van der Waals surface area contributed by atoms with Crippen molar-refractivity contribution in [1.82, 2.24) is 0 Å². The third-order valence-electron chi connectivity index (χ3n) is 7.38. The quantitative estimate of drug-likeness (QED) is 0.171. The van der Waals surface area contributed by atoms with Crippen LogP contribution in [0.25, 0.3) is 22.3 Å². The van der Waals surface area contributed by atoms with Crippen LogP contribution in [0.2, 0.25) is 0 Å². The molecular formula is C26H28O14. The van der Waals surface area contributed by atoms with Gasteiger partial charge in [0.25, 0.3) is 0 Å². The van der Waals surface area contributed by atoms with Crippen LogP contribution in [0, 0.1) is 0 Å². The van der Waals surface area contributed by atoms with Gasteiger partial charge in [-0.25, -0.2) is 0 Å². The van der Waals surface area contributed by atoms with Crippen LogP contribution in [-0.2, 0) is 9.47 Å². The lowest BCUT2D eigenvalue weighted by molar-refractivity contribution is -0.219. The Bertz CT molecular complexity index is 1500. The first-order valence-corrected chi connectivity index (χ1v) is 12.3. The third-order valence-corrected chi connectivity index (χ3v) is 7.38. The minimum atomic E-state index is -1.89. The molecule has 216 valence electrons. The topological polar surface area (TPSA) is 251 Å². The van der Waals surface area contributed by atoms with Gasteiger partial charge in [0.05, 0.1) is 23.8 Å². The second kappa shape index (κ2) is 10.2. The summed E-state index contributed by atoms with van der Waals surface area (Å²) in [5.41, 5.74) is -2.37. The molecule has 2 saturated heterocycles. The van der Waals surface area contributed by atoms with Gasteiger partial charge in [0.2, 0.25) is 0 Å². The van der Waals surface area contributed by atoms with E-state index in [4.69, 9.17) is 13.9 Å². The minimum absolute atomic E-state index is 0.0976. The van der Waals surface area contributed by atoms with Gasteiger partial charge in [0.15, 0.2) is 22.5 Å². The van der Waals surface area contributed by atoms with E-state index in [-0.39, 0.29) is 11.3 Å². The van der Waals surface area contributed by atoms with Gasteiger partial charge in [-0.15, -0.1) is 0 Å². The zero-order valence-corrected chi connectivity index (χ0v) is 20.8. The highest BCUT2D eigenvalue weighted by molar-refractivity contribution is 5.92. The van der Waals surface area contributed by atoms with Gasteiger partial charge in [-0.05, 0) is 25.1 Å². The van der Waals surface area contributed by atoms with E-state index in [0.29, 0.717) is 0 Å². The zero-order chi connectivity index (χ0) is 29.2. The molecule has 14 nitrogen and oxygen atoms in total. The molecule has 0 bridgehead atoms. The molecule has 5 rings (SSSR count). The number of phenolic OH excluding ortho intramolecular Hbond substituents is 4. The maximum atomic E-state index is 13.4. The van der Waals surface area contributed by atoms with Crippen molar-refractivity contribution in [1.29, 1.82) is 0 Å². The third kappa shape index (κ3) is 4.34. The van der Waals surface area contributed by atoms with Crippen molar-refractivity contribution in [2.75, 3.05) is 6.61 Å². The van der Waals surface area contributed by atoms with E-state index >= 15 is 0 Å². The van der Waals surface area contributed by atoms with Gasteiger partial charge in [0, 0.05) is 11.6 Å². The Balaban J connectivity index is 1.82. The first kappa shape index (κ1) is 28.1. The molecule has 0 spiro atoms. The standard InChI is InChI=1S/C26H28O14/c1-7-17(31)21(35)23(37)26(39-7)16-20(34)15(25-22(36)18(32)12(30)6-38-25)19(33)14-11(29)5-13(40-24(14)16)8-2-3-9(27)10(28)4-8/h2-5,7,12,17-18,21-23,25-28,30-37H,6H2,1H3/t7-,12?,17-,18?,21+,22?,23+,25?,26-/m0/s1. The Morgan fingerprint density at radius 3 is 2.10 bits per heavy atom. The van der Waals surface area contributed by atoms with Crippen LogP contribution in [0.4, 0.5) is 0 Å². The summed E-state index contributed by atoms with van der Waals surface area (Å²) in [4.78, 5) is 13.4. The first-order valence-electron chi connectivity index (χ1n) is 12.3. The summed E-state index contributed by atoms with van der Waals surface area (Å²) >= 11 is 0. The molecule has 2 aliphatic rings. The summed E-state index contributed by atoms with van der Waals surface area (Å²) in [6, 6.07) is 4.46. The minimum Gasteiger partial charge on any atom is -0.507 e. The molecule has 2 aliphatic heterocycles. The fourth-order valence-electron chi connectivity index (χ4n) is 5.11. The molecule has 1 aromatic heterocycles. The Morgan fingerprint density at radius 1 is 0.750 bits per heavy atom. The van der Waals surface area contributed by atoms with E-state index in [0.717, 1.165) is 18.2 Å². The summed E-state index contributed by atoms with van der Waals surface area (Å²) in [5, 5.41) is 104. The van der Waals surface area contributed by atoms with Gasteiger partial charge in [-0.1, -0.05) is 0 Å². The lowest BCUT2D eigenvalue weighted by atomic mass is 9.86. The van der Waals surface area contributed by atoms with Crippen LogP contribution in [0.15, 0.2) is 33.5 Å². The van der Waals surface area contributed by atoms with Gasteiger partial charge in [-0.2, -0.15) is 0 Å². The van der Waals surface area contributed by atoms with Gasteiger partial charge >= 0.3 is 0 Å². The molecule has 10 N–H and O–H groups in total. The lowest BCUT2D eigenvalue weighted by Gasteiger charge is -2.40. The normalized spacial score (nSPS) is 32.8. The number of aliphatic hydroxyl groups is 6. The van der Waals surface area contributed by atoms with Crippen molar-refractivity contribution in [3.8, 4) is 34.3 Å². The average molecular weight is 564 g/mol. The van der Waals surface area contributed by atoms with Crippen LogP contribution in [0.1, 0.15) is 30.3 Å². The largest absolute Gasteiger partial charge is 0.507 e. The Morgan fingerprint density at radius 2 is 1.43 bits per heavy atom. The van der Waals surface area contributed by atoms with E-state index in [1.54, 1.807) is 0 Å². The van der Waals surface area contributed by atoms with Gasteiger partial charge < -0.3 is 65.0 Å². The van der Waals surface area contributed by atoms with Crippen molar-refractivity contribution in [2.45, 2.75) is 61.9 Å². The number of phenols is 4. The molecule has 3 aromatic rings. The number of aromatic hydroxyl groups is 4. The second-order valence-electron chi connectivity index (χ2n) is 9.94. The van der Waals surface area contributed by atoms with Crippen LogP contribution in [0.3, 0.4) is 0 Å². The smallest absolute Gasteiger partial charge is 0.197 e. The van der Waals surface area contributed by atoms with Crippen molar-refractivity contribution in [3.63, 3.8) is 0 Å². The first-order chi connectivity index (χ1) is 18.8. The second-order valence-corrected chi connectivity index (χ2v) is 9.94. The summed E-state index contributed by atoms with van der Waals surface area (Å²) < 4.78 is 17.0. The van der Waals surface area contributed by atoms with Crippen molar-refractivity contribution >= 4 is 11.0 Å². The molecule has 0 saturated carbocycles. The number of hydrogen-bond donors (Lipinski definition) is 10. The van der Waals surface area contributed by atoms with Gasteiger partial charge in [-0.3, -0.25) is 4.79 Å². The highest BCUT2D eigenvalue weighted by Crippen LogP contribution is 2.50. The fraction of sp³-hybridized carbons (Fsp3) is 0.423. The number of benzene rings is 2. The molecule has 0 amide bonds. The van der Waals surface area contributed by atoms with E-state index in [2.05, 4.69) is 0 Å². The zero-order valence-electron chi connectivity index (χ0n) is 20.8. The van der Waals surface area contributed by atoms with Crippen LogP contribution >= 0.6 is 0 Å². The molecule has 3 heterocycles. The monoisotopic (exact) mass is 564 g/mol. The summed E-state index contributed by atoms with van der Waals surface area (Å²) in [6.45, 7) is 0.859. The van der Waals surface area contributed by atoms with E-state index < -0.39 is 112 Å². The molecule has 0 radical (unpaired) electrons. The van der Waals surface area contributed by atoms with E-state index in [9.17, 15) is 55.9 Å². The van der Waals surface area contributed by atoms with Crippen molar-refractivity contribution < 1.29 is 65.0 Å². The lowest BCUT2D eigenvalue weighted by Crippen LogP contribution is -2.53. The Kier molecular flexibility index (Phi) is 7.14. The number of aliphatic hydroxyl groups excluding tert-OH is 6. The predicted molar refractivity (Wildman–Crippen MR) is 133 cm³/mol. The Hall–Kier alpha value is -3.47.